The molecule has 20 heavy (non-hydrogen) atoms. The van der Waals surface area contributed by atoms with E-state index in [1.165, 1.54) is 6.07 Å². The van der Waals surface area contributed by atoms with E-state index in [1.807, 2.05) is 0 Å². The van der Waals surface area contributed by atoms with Gasteiger partial charge in [0.2, 0.25) is 0 Å². The molecular formula is C14H16Cl2O4. The van der Waals surface area contributed by atoms with E-state index >= 15 is 0 Å². The van der Waals surface area contributed by atoms with E-state index in [1.54, 1.807) is 26.0 Å². The van der Waals surface area contributed by atoms with Crippen molar-refractivity contribution in [3.8, 4) is 0 Å². The maximum Gasteiger partial charge on any atom is 0.345 e. The van der Waals surface area contributed by atoms with Crippen LogP contribution in [-0.4, -0.2) is 22.6 Å². The summed E-state index contributed by atoms with van der Waals surface area (Å²) >= 11 is 11.7. The smallest absolute Gasteiger partial charge is 0.345 e. The maximum atomic E-state index is 11.7. The van der Waals surface area contributed by atoms with Gasteiger partial charge in [-0.05, 0) is 30.5 Å². The zero-order valence-corrected chi connectivity index (χ0v) is 12.8. The Labute approximate surface area is 127 Å². The van der Waals surface area contributed by atoms with Crippen LogP contribution in [-0.2, 0) is 20.7 Å². The summed E-state index contributed by atoms with van der Waals surface area (Å²) in [6, 6.07) is 4.68. The molecular weight excluding hydrogens is 303 g/mol. The molecule has 6 heteroatoms. The number of hydrogen-bond donors (Lipinski definition) is 1. The Bertz CT molecular complexity index is 510. The fourth-order valence-electron chi connectivity index (χ4n) is 1.59. The lowest BCUT2D eigenvalue weighted by Crippen LogP contribution is -2.40. The number of ether oxygens (including phenoxy) is 1. The number of carbonyl (C=O) groups excluding carboxylic acids is 2. The SMILES string of the molecule is CCC(O)(CC)C(=O)OC(=O)Cc1ccc(Cl)cc1Cl. The molecule has 4 nitrogen and oxygen atoms in total. The second kappa shape index (κ2) is 7.07. The number of rotatable bonds is 5. The van der Waals surface area contributed by atoms with E-state index in [0.717, 1.165) is 0 Å². The van der Waals surface area contributed by atoms with Crippen LogP contribution < -0.4 is 0 Å². The van der Waals surface area contributed by atoms with E-state index in [9.17, 15) is 14.7 Å². The predicted molar refractivity (Wildman–Crippen MR) is 76.8 cm³/mol. The van der Waals surface area contributed by atoms with Crippen LogP contribution in [0.1, 0.15) is 32.3 Å². The van der Waals surface area contributed by atoms with E-state index < -0.39 is 17.5 Å². The summed E-state index contributed by atoms with van der Waals surface area (Å²) in [5, 5.41) is 10.7. The fraction of sp³-hybridized carbons (Fsp3) is 0.429. The molecule has 0 bridgehead atoms. The molecule has 0 unspecified atom stereocenters. The summed E-state index contributed by atoms with van der Waals surface area (Å²) < 4.78 is 4.67. The minimum absolute atomic E-state index is 0.161. The molecule has 0 saturated heterocycles. The third kappa shape index (κ3) is 4.20. The summed E-state index contributed by atoms with van der Waals surface area (Å²) in [7, 11) is 0. The van der Waals surface area contributed by atoms with Crippen molar-refractivity contribution in [3.05, 3.63) is 33.8 Å². The topological polar surface area (TPSA) is 63.6 Å². The molecule has 0 aromatic heterocycles. The highest BCUT2D eigenvalue weighted by atomic mass is 35.5. The highest BCUT2D eigenvalue weighted by Crippen LogP contribution is 2.22. The van der Waals surface area contributed by atoms with Gasteiger partial charge < -0.3 is 9.84 Å². The monoisotopic (exact) mass is 318 g/mol. The second-order valence-electron chi connectivity index (χ2n) is 4.41. The minimum atomic E-state index is -1.63. The summed E-state index contributed by atoms with van der Waals surface area (Å²) in [4.78, 5) is 23.4. The van der Waals surface area contributed by atoms with Crippen LogP contribution in [0.5, 0.6) is 0 Å². The van der Waals surface area contributed by atoms with Gasteiger partial charge in [-0.2, -0.15) is 0 Å². The number of esters is 2. The van der Waals surface area contributed by atoms with Gasteiger partial charge in [0, 0.05) is 10.0 Å². The normalized spacial score (nSPS) is 11.2. The second-order valence-corrected chi connectivity index (χ2v) is 5.26. The van der Waals surface area contributed by atoms with Gasteiger partial charge in [-0.3, -0.25) is 4.79 Å². The zero-order chi connectivity index (χ0) is 15.3. The van der Waals surface area contributed by atoms with Crippen LogP contribution in [0.15, 0.2) is 18.2 Å². The van der Waals surface area contributed by atoms with Gasteiger partial charge in [-0.25, -0.2) is 4.79 Å². The van der Waals surface area contributed by atoms with Crippen LogP contribution in [0.3, 0.4) is 0 Å². The molecule has 0 radical (unpaired) electrons. The van der Waals surface area contributed by atoms with Crippen molar-refractivity contribution in [2.45, 2.75) is 38.7 Å². The Morgan fingerprint density at radius 3 is 2.35 bits per heavy atom. The molecule has 0 aliphatic carbocycles. The van der Waals surface area contributed by atoms with E-state index in [4.69, 9.17) is 23.2 Å². The molecule has 0 aliphatic heterocycles. The van der Waals surface area contributed by atoms with Gasteiger partial charge in [-0.15, -0.1) is 0 Å². The number of halogens is 2. The van der Waals surface area contributed by atoms with E-state index in [-0.39, 0.29) is 19.3 Å². The molecule has 0 aliphatic rings. The minimum Gasteiger partial charge on any atom is -0.391 e. The first-order valence-corrected chi connectivity index (χ1v) is 6.99. The first-order chi connectivity index (χ1) is 9.32. The van der Waals surface area contributed by atoms with Gasteiger partial charge in [0.1, 0.15) is 0 Å². The van der Waals surface area contributed by atoms with Crippen molar-refractivity contribution < 1.29 is 19.4 Å². The Morgan fingerprint density at radius 2 is 1.85 bits per heavy atom. The van der Waals surface area contributed by atoms with E-state index in [0.29, 0.717) is 15.6 Å². The summed E-state index contributed by atoms with van der Waals surface area (Å²) in [6.07, 6.45) is 0.194. The van der Waals surface area contributed by atoms with Crippen molar-refractivity contribution >= 4 is 35.1 Å². The van der Waals surface area contributed by atoms with Crippen molar-refractivity contribution in [2.24, 2.45) is 0 Å². The average Bonchev–Trinajstić information content (AvgIpc) is 2.40. The first kappa shape index (κ1) is 17.0. The Hall–Kier alpha value is -1.10. The molecule has 0 saturated carbocycles. The molecule has 1 aromatic rings. The Morgan fingerprint density at radius 1 is 1.25 bits per heavy atom. The lowest BCUT2D eigenvalue weighted by Gasteiger charge is -2.21. The molecule has 1 N–H and O–H groups in total. The summed E-state index contributed by atoms with van der Waals surface area (Å²) in [6.45, 7) is 3.29. The molecule has 1 rings (SSSR count). The summed E-state index contributed by atoms with van der Waals surface area (Å²) in [5.41, 5.74) is -1.12. The van der Waals surface area contributed by atoms with Crippen molar-refractivity contribution in [1.82, 2.24) is 0 Å². The van der Waals surface area contributed by atoms with Crippen molar-refractivity contribution in [1.29, 1.82) is 0 Å². The molecule has 0 amide bonds. The van der Waals surface area contributed by atoms with Crippen LogP contribution in [0.4, 0.5) is 0 Å². The van der Waals surface area contributed by atoms with Crippen molar-refractivity contribution in [2.75, 3.05) is 0 Å². The maximum absolute atomic E-state index is 11.7. The number of benzene rings is 1. The third-order valence-corrected chi connectivity index (χ3v) is 3.69. The fourth-order valence-corrected chi connectivity index (χ4v) is 2.07. The highest BCUT2D eigenvalue weighted by molar-refractivity contribution is 6.35. The van der Waals surface area contributed by atoms with Gasteiger partial charge in [0.15, 0.2) is 5.60 Å². The average molecular weight is 319 g/mol. The molecule has 0 atom stereocenters. The third-order valence-electron chi connectivity index (χ3n) is 3.11. The predicted octanol–water partition coefficient (Wildman–Crippen LogP) is 3.16. The summed E-state index contributed by atoms with van der Waals surface area (Å²) in [5.74, 6) is -1.70. The largest absolute Gasteiger partial charge is 0.391 e. The standard InChI is InChI=1S/C14H16Cl2O4/c1-3-14(19,4-2)13(18)20-12(17)7-9-5-6-10(15)8-11(9)16/h5-6,8,19H,3-4,7H2,1-2H3. The number of carbonyl (C=O) groups is 2. The molecule has 0 fully saturated rings. The van der Waals surface area contributed by atoms with Crippen molar-refractivity contribution in [3.63, 3.8) is 0 Å². The van der Waals surface area contributed by atoms with Crippen LogP contribution in [0.25, 0.3) is 0 Å². The van der Waals surface area contributed by atoms with Gasteiger partial charge in [0.05, 0.1) is 6.42 Å². The van der Waals surface area contributed by atoms with Crippen LogP contribution in [0.2, 0.25) is 10.0 Å². The number of aliphatic hydroxyl groups is 1. The molecule has 0 spiro atoms. The number of hydrogen-bond acceptors (Lipinski definition) is 4. The lowest BCUT2D eigenvalue weighted by molar-refractivity contribution is -0.174. The first-order valence-electron chi connectivity index (χ1n) is 6.23. The molecule has 110 valence electrons. The van der Waals surface area contributed by atoms with Gasteiger partial charge in [0.25, 0.3) is 0 Å². The Kier molecular flexibility index (Phi) is 5.99. The quantitative estimate of drug-likeness (QED) is 0.669. The molecule has 1 aromatic carbocycles. The molecule has 0 heterocycles. The van der Waals surface area contributed by atoms with Gasteiger partial charge >= 0.3 is 11.9 Å². The zero-order valence-electron chi connectivity index (χ0n) is 11.3. The van der Waals surface area contributed by atoms with Crippen LogP contribution in [0, 0.1) is 0 Å². The Balaban J connectivity index is 2.71. The van der Waals surface area contributed by atoms with Crippen LogP contribution >= 0.6 is 23.2 Å². The van der Waals surface area contributed by atoms with Gasteiger partial charge in [-0.1, -0.05) is 43.1 Å². The highest BCUT2D eigenvalue weighted by Gasteiger charge is 2.35. The lowest BCUT2D eigenvalue weighted by atomic mass is 9.98. The van der Waals surface area contributed by atoms with E-state index in [2.05, 4.69) is 4.74 Å².